The van der Waals surface area contributed by atoms with Crippen LogP contribution in [0.2, 0.25) is 0 Å². The van der Waals surface area contributed by atoms with Gasteiger partial charge in [0, 0.05) is 37.8 Å². The second-order valence-electron chi connectivity index (χ2n) is 6.01. The predicted molar refractivity (Wildman–Crippen MR) is 98.3 cm³/mol. The van der Waals surface area contributed by atoms with E-state index in [-0.39, 0.29) is 0 Å². The number of aryl methyl sites for hydroxylation is 1. The minimum Gasteiger partial charge on any atom is -0.461 e. The third kappa shape index (κ3) is 4.49. The molecule has 0 bridgehead atoms. The number of pyridine rings is 1. The number of nitrogens with zero attached hydrogens (tertiary/aromatic N) is 2. The number of rotatable bonds is 3. The van der Waals surface area contributed by atoms with Crippen molar-refractivity contribution in [2.75, 3.05) is 5.32 Å². The highest BCUT2D eigenvalue weighted by atomic mass is 16.7. The van der Waals surface area contributed by atoms with Crippen LogP contribution in [0.3, 0.4) is 0 Å². The molecule has 0 amide bonds. The van der Waals surface area contributed by atoms with E-state index >= 15 is 0 Å². The molecular weight excluding hydrogens is 314 g/mol. The molecule has 1 aliphatic rings. The normalized spacial score (nSPS) is 14.2. The largest absolute Gasteiger partial charge is 0.461 e. The SMILES string of the molecule is CC.Cc1ncc(CNc2cccc(C#N)c2)c2c1OC(C)(C)OC2. The number of nitrogens with one attached hydrogen (secondary N) is 1. The second-order valence-corrected chi connectivity index (χ2v) is 6.01. The van der Waals surface area contributed by atoms with Crippen LogP contribution in [0.4, 0.5) is 5.69 Å². The molecule has 0 saturated heterocycles. The fourth-order valence-electron chi connectivity index (χ4n) is 2.54. The van der Waals surface area contributed by atoms with Crippen LogP contribution in [0.1, 0.15) is 50.1 Å². The summed E-state index contributed by atoms with van der Waals surface area (Å²) in [5.41, 5.74) is 4.46. The Labute approximate surface area is 149 Å². The molecule has 5 heteroatoms. The summed E-state index contributed by atoms with van der Waals surface area (Å²) in [4.78, 5) is 4.43. The molecule has 1 aromatic carbocycles. The average molecular weight is 339 g/mol. The van der Waals surface area contributed by atoms with Crippen LogP contribution in [-0.2, 0) is 17.9 Å². The first kappa shape index (κ1) is 18.8. The summed E-state index contributed by atoms with van der Waals surface area (Å²) >= 11 is 0. The van der Waals surface area contributed by atoms with Crippen molar-refractivity contribution in [2.24, 2.45) is 0 Å². The molecule has 1 N–H and O–H groups in total. The van der Waals surface area contributed by atoms with E-state index in [1.165, 1.54) is 0 Å². The Morgan fingerprint density at radius 2 is 2.08 bits per heavy atom. The van der Waals surface area contributed by atoms with E-state index in [1.807, 2.05) is 59.0 Å². The van der Waals surface area contributed by atoms with Crippen molar-refractivity contribution in [3.63, 3.8) is 0 Å². The molecule has 0 aliphatic carbocycles. The highest BCUT2D eigenvalue weighted by molar-refractivity contribution is 5.51. The number of hydrogen-bond donors (Lipinski definition) is 1. The molecule has 0 atom stereocenters. The van der Waals surface area contributed by atoms with Crippen LogP contribution in [0.15, 0.2) is 30.5 Å². The maximum absolute atomic E-state index is 8.96. The molecule has 0 radical (unpaired) electrons. The molecule has 0 unspecified atom stereocenters. The first-order valence-corrected chi connectivity index (χ1v) is 8.53. The summed E-state index contributed by atoms with van der Waals surface area (Å²) in [7, 11) is 0. The lowest BCUT2D eigenvalue weighted by molar-refractivity contribution is -0.180. The third-order valence-electron chi connectivity index (χ3n) is 3.79. The number of aromatic nitrogens is 1. The molecule has 25 heavy (non-hydrogen) atoms. The number of benzene rings is 1. The van der Waals surface area contributed by atoms with Crippen LogP contribution in [0, 0.1) is 18.3 Å². The fourth-order valence-corrected chi connectivity index (χ4v) is 2.54. The van der Waals surface area contributed by atoms with Gasteiger partial charge in [0.2, 0.25) is 5.79 Å². The van der Waals surface area contributed by atoms with Crippen LogP contribution >= 0.6 is 0 Å². The number of ether oxygens (including phenoxy) is 2. The second kappa shape index (κ2) is 8.00. The van der Waals surface area contributed by atoms with Gasteiger partial charge in [0.15, 0.2) is 0 Å². The van der Waals surface area contributed by atoms with Crippen molar-refractivity contribution < 1.29 is 9.47 Å². The smallest absolute Gasteiger partial charge is 0.205 e. The topological polar surface area (TPSA) is 67.2 Å². The van der Waals surface area contributed by atoms with Gasteiger partial charge in [-0.2, -0.15) is 5.26 Å². The summed E-state index contributed by atoms with van der Waals surface area (Å²) in [6, 6.07) is 9.54. The van der Waals surface area contributed by atoms with E-state index < -0.39 is 5.79 Å². The Hall–Kier alpha value is -2.58. The van der Waals surface area contributed by atoms with Gasteiger partial charge in [-0.3, -0.25) is 4.98 Å². The summed E-state index contributed by atoms with van der Waals surface area (Å²) in [6.07, 6.45) is 1.85. The first-order chi connectivity index (χ1) is 12.0. The zero-order valence-corrected chi connectivity index (χ0v) is 15.5. The Morgan fingerprint density at radius 1 is 1.32 bits per heavy atom. The highest BCUT2D eigenvalue weighted by Crippen LogP contribution is 2.35. The van der Waals surface area contributed by atoms with Gasteiger partial charge in [-0.05, 0) is 30.7 Å². The van der Waals surface area contributed by atoms with Gasteiger partial charge in [-0.1, -0.05) is 19.9 Å². The van der Waals surface area contributed by atoms with Crippen LogP contribution in [0.5, 0.6) is 5.75 Å². The monoisotopic (exact) mass is 339 g/mol. The van der Waals surface area contributed by atoms with Gasteiger partial charge in [0.25, 0.3) is 0 Å². The van der Waals surface area contributed by atoms with E-state index in [9.17, 15) is 0 Å². The standard InChI is InChI=1S/C18H19N3O2.C2H6/c1-12-17-16(11-22-18(2,3)23-17)14(9-20-12)10-21-15-6-4-5-13(7-15)8-19;1-2/h4-7,9,21H,10-11H2,1-3H3;1-2H3. The first-order valence-electron chi connectivity index (χ1n) is 8.53. The van der Waals surface area contributed by atoms with Gasteiger partial charge < -0.3 is 14.8 Å². The van der Waals surface area contributed by atoms with Gasteiger partial charge in [-0.15, -0.1) is 0 Å². The number of hydrogen-bond acceptors (Lipinski definition) is 5. The molecule has 5 nitrogen and oxygen atoms in total. The molecular formula is C20H25N3O2. The third-order valence-corrected chi connectivity index (χ3v) is 3.79. The Morgan fingerprint density at radius 3 is 2.80 bits per heavy atom. The van der Waals surface area contributed by atoms with Gasteiger partial charge >= 0.3 is 0 Å². The highest BCUT2D eigenvalue weighted by Gasteiger charge is 2.30. The van der Waals surface area contributed by atoms with Gasteiger partial charge in [-0.25, -0.2) is 0 Å². The van der Waals surface area contributed by atoms with Gasteiger partial charge in [0.05, 0.1) is 23.9 Å². The Bertz CT molecular complexity index is 779. The summed E-state index contributed by atoms with van der Waals surface area (Å²) < 4.78 is 11.7. The van der Waals surface area contributed by atoms with Crippen LogP contribution in [-0.4, -0.2) is 10.8 Å². The summed E-state index contributed by atoms with van der Waals surface area (Å²) in [6.45, 7) is 10.8. The Balaban J connectivity index is 0.00000109. The van der Waals surface area contributed by atoms with Crippen molar-refractivity contribution in [3.05, 3.63) is 52.8 Å². The van der Waals surface area contributed by atoms with E-state index in [0.717, 1.165) is 28.3 Å². The molecule has 3 rings (SSSR count). The lowest BCUT2D eigenvalue weighted by atomic mass is 10.1. The van der Waals surface area contributed by atoms with Crippen molar-refractivity contribution in [2.45, 2.75) is 53.6 Å². The zero-order valence-electron chi connectivity index (χ0n) is 15.5. The quantitative estimate of drug-likeness (QED) is 0.889. The van der Waals surface area contributed by atoms with E-state index in [0.29, 0.717) is 18.7 Å². The molecule has 1 aliphatic heterocycles. The summed E-state index contributed by atoms with van der Waals surface area (Å²) in [5, 5.41) is 12.3. The minimum atomic E-state index is -0.632. The molecule has 132 valence electrons. The number of fused-ring (bicyclic) bond motifs is 1. The van der Waals surface area contributed by atoms with Crippen LogP contribution < -0.4 is 10.1 Å². The van der Waals surface area contributed by atoms with Crippen molar-refractivity contribution in [3.8, 4) is 11.8 Å². The lowest BCUT2D eigenvalue weighted by Gasteiger charge is -2.34. The van der Waals surface area contributed by atoms with Crippen molar-refractivity contribution >= 4 is 5.69 Å². The zero-order chi connectivity index (χ0) is 18.4. The van der Waals surface area contributed by atoms with Gasteiger partial charge in [0.1, 0.15) is 5.75 Å². The van der Waals surface area contributed by atoms with E-state index in [4.69, 9.17) is 14.7 Å². The predicted octanol–water partition coefficient (Wildman–Crippen LogP) is 4.55. The number of nitriles is 1. The van der Waals surface area contributed by atoms with Crippen LogP contribution in [0.25, 0.3) is 0 Å². The average Bonchev–Trinajstić information content (AvgIpc) is 2.63. The maximum atomic E-state index is 8.96. The molecule has 2 aromatic rings. The molecule has 0 spiro atoms. The maximum Gasteiger partial charge on any atom is 0.205 e. The molecule has 1 aromatic heterocycles. The Kier molecular flexibility index (Phi) is 6.00. The minimum absolute atomic E-state index is 0.501. The molecule has 2 heterocycles. The molecule has 0 fully saturated rings. The van der Waals surface area contributed by atoms with E-state index in [2.05, 4.69) is 16.4 Å². The van der Waals surface area contributed by atoms with E-state index in [1.54, 1.807) is 6.07 Å². The van der Waals surface area contributed by atoms with Crippen molar-refractivity contribution in [1.82, 2.24) is 4.98 Å². The van der Waals surface area contributed by atoms with Crippen molar-refractivity contribution in [1.29, 1.82) is 5.26 Å². The number of anilines is 1. The fraction of sp³-hybridized carbons (Fsp3) is 0.400. The summed E-state index contributed by atoms with van der Waals surface area (Å²) in [5.74, 6) is 0.179. The molecule has 0 saturated carbocycles. The lowest BCUT2D eigenvalue weighted by Crippen LogP contribution is -2.36.